The minimum atomic E-state index is -4.19. The zero-order valence-corrected chi connectivity index (χ0v) is 20.4. The van der Waals surface area contributed by atoms with E-state index in [9.17, 15) is 13.2 Å². The first-order valence-corrected chi connectivity index (χ1v) is 12.4. The molecular weight excluding hydrogens is 426 g/mol. The number of nitrogens with two attached hydrogens (primary N) is 1. The molecule has 2 aromatic rings. The number of nitrogen functional groups attached to an aromatic ring is 1. The van der Waals surface area contributed by atoms with Gasteiger partial charge in [-0.05, 0) is 56.4 Å². The summed E-state index contributed by atoms with van der Waals surface area (Å²) in [4.78, 5) is 23.8. The number of carbonyl (C=O) groups is 1. The third kappa shape index (κ3) is 4.72. The number of anilines is 2. The Morgan fingerprint density at radius 2 is 1.94 bits per heavy atom. The molecule has 0 bridgehead atoms. The highest BCUT2D eigenvalue weighted by atomic mass is 32.2. The summed E-state index contributed by atoms with van der Waals surface area (Å²) in [6.07, 6.45) is 2.34. The Balaban J connectivity index is 2.05. The maximum absolute atomic E-state index is 13.2. The zero-order chi connectivity index (χ0) is 23.8. The molecule has 0 radical (unpaired) electrons. The molecule has 3 rings (SSSR count). The summed E-state index contributed by atoms with van der Waals surface area (Å²) in [6.45, 7) is 13.5. The molecule has 1 amide bonds. The molecule has 0 aromatic carbocycles. The van der Waals surface area contributed by atoms with Crippen molar-refractivity contribution < 1.29 is 13.2 Å². The molecule has 1 aliphatic rings. The molecule has 9 heteroatoms. The van der Waals surface area contributed by atoms with E-state index < -0.39 is 15.9 Å². The Kier molecular flexibility index (Phi) is 6.51. The SMILES string of the molecule is CC(C)C(C)c1ccc(C(=O)NS(=O)(=O)c2cccnc2N)c(N2C[C@@H](C)CC2(C)C)n1. The lowest BCUT2D eigenvalue weighted by Crippen LogP contribution is -2.41. The van der Waals surface area contributed by atoms with E-state index >= 15 is 0 Å². The van der Waals surface area contributed by atoms with Gasteiger partial charge in [-0.15, -0.1) is 0 Å². The van der Waals surface area contributed by atoms with Gasteiger partial charge < -0.3 is 10.6 Å². The van der Waals surface area contributed by atoms with Crippen molar-refractivity contribution in [2.75, 3.05) is 17.2 Å². The number of nitrogens with one attached hydrogen (secondary N) is 1. The Morgan fingerprint density at radius 1 is 1.25 bits per heavy atom. The maximum Gasteiger partial charge on any atom is 0.268 e. The van der Waals surface area contributed by atoms with Crippen molar-refractivity contribution in [1.82, 2.24) is 14.7 Å². The van der Waals surface area contributed by atoms with Crippen molar-refractivity contribution in [3.05, 3.63) is 41.7 Å². The van der Waals surface area contributed by atoms with Gasteiger partial charge in [-0.1, -0.05) is 27.7 Å². The molecule has 8 nitrogen and oxygen atoms in total. The number of hydrogen-bond donors (Lipinski definition) is 2. The molecular formula is C23H33N5O3S. The van der Waals surface area contributed by atoms with Crippen molar-refractivity contribution in [3.8, 4) is 0 Å². The monoisotopic (exact) mass is 459 g/mol. The van der Waals surface area contributed by atoms with Crippen LogP contribution in [-0.2, 0) is 10.0 Å². The quantitative estimate of drug-likeness (QED) is 0.678. The lowest BCUT2D eigenvalue weighted by molar-refractivity contribution is 0.0981. The highest BCUT2D eigenvalue weighted by molar-refractivity contribution is 7.90. The van der Waals surface area contributed by atoms with E-state index in [2.05, 4.69) is 56.1 Å². The summed E-state index contributed by atoms with van der Waals surface area (Å²) in [5, 5.41) is 0. The largest absolute Gasteiger partial charge is 0.383 e. The van der Waals surface area contributed by atoms with Gasteiger partial charge in [-0.2, -0.15) is 0 Å². The molecule has 2 atom stereocenters. The molecule has 1 unspecified atom stereocenters. The van der Waals surface area contributed by atoms with Gasteiger partial charge in [0.25, 0.3) is 15.9 Å². The lowest BCUT2D eigenvalue weighted by Gasteiger charge is -2.34. The Bertz CT molecular complexity index is 1110. The first-order chi connectivity index (χ1) is 14.8. The molecule has 1 fully saturated rings. The van der Waals surface area contributed by atoms with Crippen LogP contribution in [0.1, 0.15) is 69.9 Å². The molecule has 32 heavy (non-hydrogen) atoms. The second-order valence-electron chi connectivity index (χ2n) is 9.69. The van der Waals surface area contributed by atoms with E-state index in [1.807, 2.05) is 0 Å². The Hall–Kier alpha value is -2.68. The number of carbonyl (C=O) groups excluding carboxylic acids is 1. The first-order valence-electron chi connectivity index (χ1n) is 10.9. The number of pyridine rings is 2. The fourth-order valence-corrected chi connectivity index (χ4v) is 5.31. The van der Waals surface area contributed by atoms with Crippen molar-refractivity contribution in [2.24, 2.45) is 11.8 Å². The van der Waals surface area contributed by atoms with Gasteiger partial charge in [0.1, 0.15) is 16.5 Å². The summed E-state index contributed by atoms with van der Waals surface area (Å²) in [5.74, 6) is 0.586. The summed E-state index contributed by atoms with van der Waals surface area (Å²) >= 11 is 0. The van der Waals surface area contributed by atoms with E-state index in [-0.39, 0.29) is 27.7 Å². The van der Waals surface area contributed by atoms with Crippen LogP contribution >= 0.6 is 0 Å². The number of amides is 1. The lowest BCUT2D eigenvalue weighted by atomic mass is 9.93. The van der Waals surface area contributed by atoms with Crippen molar-refractivity contribution in [2.45, 2.75) is 64.3 Å². The van der Waals surface area contributed by atoms with Gasteiger partial charge >= 0.3 is 0 Å². The van der Waals surface area contributed by atoms with E-state index in [0.717, 1.165) is 18.7 Å². The smallest absolute Gasteiger partial charge is 0.268 e. The maximum atomic E-state index is 13.2. The number of nitrogens with zero attached hydrogens (tertiary/aromatic N) is 3. The third-order valence-electron chi connectivity index (χ3n) is 6.25. The van der Waals surface area contributed by atoms with Crippen LogP contribution in [0.2, 0.25) is 0 Å². The third-order valence-corrected chi connectivity index (χ3v) is 7.63. The van der Waals surface area contributed by atoms with Crippen molar-refractivity contribution in [3.63, 3.8) is 0 Å². The fourth-order valence-electron chi connectivity index (χ4n) is 4.26. The predicted octanol–water partition coefficient (Wildman–Crippen LogP) is 3.56. The van der Waals surface area contributed by atoms with Crippen LogP contribution in [0.4, 0.5) is 11.6 Å². The van der Waals surface area contributed by atoms with Crippen molar-refractivity contribution >= 4 is 27.6 Å². The van der Waals surface area contributed by atoms with E-state index in [4.69, 9.17) is 10.7 Å². The van der Waals surface area contributed by atoms with Crippen LogP contribution in [0.25, 0.3) is 0 Å². The van der Waals surface area contributed by atoms with Gasteiger partial charge in [0.15, 0.2) is 0 Å². The second-order valence-corrected chi connectivity index (χ2v) is 11.3. The van der Waals surface area contributed by atoms with Crippen LogP contribution in [0.15, 0.2) is 35.4 Å². The van der Waals surface area contributed by atoms with E-state index in [1.54, 1.807) is 12.1 Å². The number of sulfonamides is 1. The van der Waals surface area contributed by atoms with Crippen LogP contribution in [0, 0.1) is 11.8 Å². The van der Waals surface area contributed by atoms with Gasteiger partial charge in [-0.3, -0.25) is 4.79 Å². The summed E-state index contributed by atoms with van der Waals surface area (Å²) in [5.41, 5.74) is 6.60. The zero-order valence-electron chi connectivity index (χ0n) is 19.6. The van der Waals surface area contributed by atoms with Crippen molar-refractivity contribution in [1.29, 1.82) is 0 Å². The topological polar surface area (TPSA) is 118 Å². The standard InChI is InChI=1S/C23H33N5O3S/c1-14(2)16(4)18-10-9-17(21(26-18)28-13-15(3)12-23(28,5)6)22(29)27-32(30,31)19-8-7-11-25-20(19)24/h7-11,14-16H,12-13H2,1-6H3,(H2,24,25)(H,27,29)/t15-,16?/m0/s1. The number of hydrogen-bond acceptors (Lipinski definition) is 7. The second kappa shape index (κ2) is 8.69. The molecule has 0 spiro atoms. The highest BCUT2D eigenvalue weighted by Gasteiger charge is 2.39. The average molecular weight is 460 g/mol. The highest BCUT2D eigenvalue weighted by Crippen LogP contribution is 2.38. The number of rotatable bonds is 6. The van der Waals surface area contributed by atoms with Gasteiger partial charge in [0.2, 0.25) is 0 Å². The van der Waals surface area contributed by atoms with Crippen LogP contribution in [0.5, 0.6) is 0 Å². The van der Waals surface area contributed by atoms with Crippen LogP contribution in [0.3, 0.4) is 0 Å². The predicted molar refractivity (Wildman–Crippen MR) is 126 cm³/mol. The first kappa shape index (κ1) is 24.0. The van der Waals surface area contributed by atoms with Gasteiger partial charge in [0, 0.05) is 29.9 Å². The van der Waals surface area contributed by atoms with Gasteiger partial charge in [-0.25, -0.2) is 23.1 Å². The average Bonchev–Trinajstić information content (AvgIpc) is 2.98. The Morgan fingerprint density at radius 3 is 2.50 bits per heavy atom. The summed E-state index contributed by atoms with van der Waals surface area (Å²) in [6, 6.07) is 6.25. The minimum absolute atomic E-state index is 0.165. The summed E-state index contributed by atoms with van der Waals surface area (Å²) in [7, 11) is -4.19. The molecule has 2 aromatic heterocycles. The fraction of sp³-hybridized carbons (Fsp3) is 0.522. The minimum Gasteiger partial charge on any atom is -0.383 e. The molecule has 174 valence electrons. The molecule has 1 saturated heterocycles. The molecule has 1 aliphatic heterocycles. The molecule has 3 N–H and O–H groups in total. The molecule has 0 saturated carbocycles. The van der Waals surface area contributed by atoms with E-state index in [1.165, 1.54) is 18.3 Å². The van der Waals surface area contributed by atoms with Crippen LogP contribution < -0.4 is 15.4 Å². The molecule has 0 aliphatic carbocycles. The van der Waals surface area contributed by atoms with Gasteiger partial charge in [0.05, 0.1) is 5.56 Å². The Labute approximate surface area is 190 Å². The number of aromatic nitrogens is 2. The normalized spacial score (nSPS) is 19.2. The van der Waals surface area contributed by atoms with Crippen LogP contribution in [-0.4, -0.2) is 36.4 Å². The van der Waals surface area contributed by atoms with E-state index in [0.29, 0.717) is 17.7 Å². The molecule has 3 heterocycles. The summed E-state index contributed by atoms with van der Waals surface area (Å²) < 4.78 is 27.8.